The second kappa shape index (κ2) is 5.81. The van der Waals surface area contributed by atoms with Crippen LogP contribution in [0.4, 0.5) is 8.78 Å². The Kier molecular flexibility index (Phi) is 3.85. The van der Waals surface area contributed by atoms with Crippen LogP contribution in [0.3, 0.4) is 0 Å². The lowest BCUT2D eigenvalue weighted by atomic mass is 9.98. The van der Waals surface area contributed by atoms with E-state index < -0.39 is 0 Å². The highest BCUT2D eigenvalue weighted by molar-refractivity contribution is 7.80. The van der Waals surface area contributed by atoms with Gasteiger partial charge >= 0.3 is 0 Å². The zero-order chi connectivity index (χ0) is 15.7. The van der Waals surface area contributed by atoms with Gasteiger partial charge in [0.2, 0.25) is 0 Å². The summed E-state index contributed by atoms with van der Waals surface area (Å²) in [5, 5.41) is 6.12. The van der Waals surface area contributed by atoms with Crippen LogP contribution in [0.25, 0.3) is 0 Å². The fraction of sp³-hybridized carbons (Fsp3) is 0.125. The topological polar surface area (TPSA) is 41.6 Å². The Bertz CT molecular complexity index is 726. The zero-order valence-corrected chi connectivity index (χ0v) is 12.4. The Hall–Kier alpha value is -2.34. The van der Waals surface area contributed by atoms with Crippen LogP contribution in [0.1, 0.15) is 23.6 Å². The van der Waals surface area contributed by atoms with Crippen LogP contribution < -0.4 is 5.73 Å². The number of hydrazone groups is 1. The summed E-state index contributed by atoms with van der Waals surface area (Å²) in [6, 6.07) is 12.1. The third-order valence-electron chi connectivity index (χ3n) is 3.57. The van der Waals surface area contributed by atoms with Gasteiger partial charge in [0.05, 0.1) is 11.8 Å². The molecule has 1 heterocycles. The number of thiocarbonyl (C=S) groups is 1. The van der Waals surface area contributed by atoms with Gasteiger partial charge in [0.15, 0.2) is 5.11 Å². The summed E-state index contributed by atoms with van der Waals surface area (Å²) in [7, 11) is 0. The van der Waals surface area contributed by atoms with Gasteiger partial charge in [-0.1, -0.05) is 24.3 Å². The smallest absolute Gasteiger partial charge is 0.187 e. The Labute approximate surface area is 132 Å². The van der Waals surface area contributed by atoms with Gasteiger partial charge in [-0.05, 0) is 47.6 Å². The van der Waals surface area contributed by atoms with Crippen molar-refractivity contribution in [2.75, 3.05) is 0 Å². The van der Waals surface area contributed by atoms with Gasteiger partial charge in [-0.3, -0.25) is 0 Å². The van der Waals surface area contributed by atoms with Gasteiger partial charge < -0.3 is 5.73 Å². The first kappa shape index (κ1) is 14.6. The molecule has 1 aliphatic heterocycles. The summed E-state index contributed by atoms with van der Waals surface area (Å²) in [4.78, 5) is 0. The summed E-state index contributed by atoms with van der Waals surface area (Å²) in [6.45, 7) is 0. The van der Waals surface area contributed by atoms with E-state index in [1.165, 1.54) is 24.3 Å². The van der Waals surface area contributed by atoms with E-state index in [1.807, 2.05) is 0 Å². The standard InChI is InChI=1S/C16H13F2N3S/c17-12-5-1-10(2-6-12)14-9-15(21(20-14)16(19)22)11-3-7-13(18)8-4-11/h1-8,15H,9H2,(H2,19,22)/t15-/m1/s1. The Morgan fingerprint density at radius 3 is 2.14 bits per heavy atom. The molecule has 0 amide bonds. The van der Waals surface area contributed by atoms with Crippen molar-refractivity contribution < 1.29 is 8.78 Å². The molecule has 1 atom stereocenters. The molecule has 22 heavy (non-hydrogen) atoms. The Balaban J connectivity index is 1.92. The highest BCUT2D eigenvalue weighted by Crippen LogP contribution is 2.32. The SMILES string of the molecule is NC(=S)N1N=C(c2ccc(F)cc2)C[C@@H]1c1ccc(F)cc1. The number of nitrogens with two attached hydrogens (primary N) is 1. The van der Waals surface area contributed by atoms with Crippen LogP contribution in [0.2, 0.25) is 0 Å². The number of hydrogen-bond donors (Lipinski definition) is 1. The van der Waals surface area contributed by atoms with Crippen LogP contribution in [-0.2, 0) is 0 Å². The lowest BCUT2D eigenvalue weighted by Gasteiger charge is -2.21. The highest BCUT2D eigenvalue weighted by atomic mass is 32.1. The van der Waals surface area contributed by atoms with Crippen molar-refractivity contribution in [1.29, 1.82) is 0 Å². The number of halogens is 2. The quantitative estimate of drug-likeness (QED) is 0.864. The first-order valence-electron chi connectivity index (χ1n) is 6.72. The van der Waals surface area contributed by atoms with Gasteiger partial charge in [0, 0.05) is 6.42 Å². The minimum Gasteiger partial charge on any atom is -0.375 e. The number of benzene rings is 2. The summed E-state index contributed by atoms with van der Waals surface area (Å²) < 4.78 is 26.1. The third-order valence-corrected chi connectivity index (χ3v) is 3.76. The predicted molar refractivity (Wildman–Crippen MR) is 85.3 cm³/mol. The Morgan fingerprint density at radius 2 is 1.59 bits per heavy atom. The summed E-state index contributed by atoms with van der Waals surface area (Å²) in [5.41, 5.74) is 8.18. The molecule has 2 N–H and O–H groups in total. The zero-order valence-electron chi connectivity index (χ0n) is 11.5. The maximum Gasteiger partial charge on any atom is 0.187 e. The molecule has 0 bridgehead atoms. The van der Waals surface area contributed by atoms with Gasteiger partial charge in [-0.2, -0.15) is 5.10 Å². The number of hydrogen-bond acceptors (Lipinski definition) is 2. The van der Waals surface area contributed by atoms with Crippen LogP contribution >= 0.6 is 12.2 Å². The van der Waals surface area contributed by atoms with E-state index in [1.54, 1.807) is 29.3 Å². The van der Waals surface area contributed by atoms with Crippen molar-refractivity contribution in [2.45, 2.75) is 12.5 Å². The Morgan fingerprint density at radius 1 is 1.05 bits per heavy atom. The van der Waals surface area contributed by atoms with Crippen molar-refractivity contribution in [2.24, 2.45) is 10.8 Å². The van der Waals surface area contributed by atoms with Crippen LogP contribution in [0.5, 0.6) is 0 Å². The van der Waals surface area contributed by atoms with E-state index in [0.29, 0.717) is 6.42 Å². The first-order valence-corrected chi connectivity index (χ1v) is 7.13. The van der Waals surface area contributed by atoms with Crippen molar-refractivity contribution in [3.63, 3.8) is 0 Å². The van der Waals surface area contributed by atoms with E-state index in [9.17, 15) is 8.78 Å². The number of nitrogens with zero attached hydrogens (tertiary/aromatic N) is 2. The molecule has 0 fully saturated rings. The van der Waals surface area contributed by atoms with Crippen molar-refractivity contribution in [3.05, 3.63) is 71.3 Å². The molecule has 3 rings (SSSR count). The lowest BCUT2D eigenvalue weighted by molar-refractivity contribution is 0.372. The molecule has 0 unspecified atom stereocenters. The van der Waals surface area contributed by atoms with Crippen LogP contribution in [-0.4, -0.2) is 15.8 Å². The van der Waals surface area contributed by atoms with Crippen molar-refractivity contribution in [1.82, 2.24) is 5.01 Å². The van der Waals surface area contributed by atoms with Crippen molar-refractivity contribution >= 4 is 23.0 Å². The fourth-order valence-corrected chi connectivity index (χ4v) is 2.64. The van der Waals surface area contributed by atoms with Gasteiger partial charge in [-0.25, -0.2) is 13.8 Å². The summed E-state index contributed by atoms with van der Waals surface area (Å²) in [6.07, 6.45) is 0.564. The van der Waals surface area contributed by atoms with Crippen LogP contribution in [0.15, 0.2) is 53.6 Å². The molecule has 3 nitrogen and oxygen atoms in total. The maximum absolute atomic E-state index is 13.1. The highest BCUT2D eigenvalue weighted by Gasteiger charge is 2.30. The summed E-state index contributed by atoms with van der Waals surface area (Å²) >= 11 is 5.04. The van der Waals surface area contributed by atoms with E-state index in [4.69, 9.17) is 18.0 Å². The van der Waals surface area contributed by atoms with Gasteiger partial charge in [0.25, 0.3) is 0 Å². The molecule has 0 aromatic heterocycles. The third kappa shape index (κ3) is 2.82. The first-order chi connectivity index (χ1) is 10.5. The molecule has 1 aliphatic rings. The molecule has 0 radical (unpaired) electrons. The monoisotopic (exact) mass is 317 g/mol. The van der Waals surface area contributed by atoms with Gasteiger partial charge in [0.1, 0.15) is 11.6 Å². The molecule has 2 aromatic rings. The largest absolute Gasteiger partial charge is 0.375 e. The summed E-state index contributed by atoms with van der Waals surface area (Å²) in [5.74, 6) is -0.605. The van der Waals surface area contributed by atoms with E-state index >= 15 is 0 Å². The average Bonchev–Trinajstić information content (AvgIpc) is 2.94. The minimum absolute atomic E-state index is 0.145. The molecule has 0 saturated carbocycles. The van der Waals surface area contributed by atoms with Gasteiger partial charge in [-0.15, -0.1) is 0 Å². The fourth-order valence-electron chi connectivity index (χ4n) is 2.47. The normalized spacial score (nSPS) is 17.5. The van der Waals surface area contributed by atoms with E-state index in [-0.39, 0.29) is 22.8 Å². The molecule has 112 valence electrons. The van der Waals surface area contributed by atoms with E-state index in [2.05, 4.69) is 5.10 Å². The minimum atomic E-state index is -0.303. The molecule has 0 spiro atoms. The molecule has 0 aliphatic carbocycles. The molecule has 6 heteroatoms. The lowest BCUT2D eigenvalue weighted by Crippen LogP contribution is -2.31. The maximum atomic E-state index is 13.1. The molecule has 0 saturated heterocycles. The molecular formula is C16H13F2N3S. The van der Waals surface area contributed by atoms with E-state index in [0.717, 1.165) is 16.8 Å². The average molecular weight is 317 g/mol. The molecule has 2 aromatic carbocycles. The second-order valence-electron chi connectivity index (χ2n) is 5.01. The van der Waals surface area contributed by atoms with Crippen molar-refractivity contribution in [3.8, 4) is 0 Å². The molecular weight excluding hydrogens is 304 g/mol. The van der Waals surface area contributed by atoms with Crippen LogP contribution in [0, 0.1) is 11.6 Å². The second-order valence-corrected chi connectivity index (χ2v) is 5.43. The predicted octanol–water partition coefficient (Wildman–Crippen LogP) is 3.36. The number of rotatable bonds is 2.